The largest absolute Gasteiger partial charge is 0.507 e. The molecule has 21 heavy (non-hydrogen) atoms. The van der Waals surface area contributed by atoms with Crippen LogP contribution < -0.4 is 5.32 Å². The lowest BCUT2D eigenvalue weighted by atomic mass is 9.86. The molecule has 6 heteroatoms. The fourth-order valence-corrected chi connectivity index (χ4v) is 2.59. The van der Waals surface area contributed by atoms with Gasteiger partial charge in [-0.25, -0.2) is 4.39 Å². The number of carbonyl (C=O) groups is 2. The third kappa shape index (κ3) is 3.71. The highest BCUT2D eigenvalue weighted by Gasteiger charge is 2.28. The van der Waals surface area contributed by atoms with Crippen LogP contribution in [0.4, 0.5) is 4.39 Å². The van der Waals surface area contributed by atoms with Crippen molar-refractivity contribution in [1.82, 2.24) is 5.32 Å². The van der Waals surface area contributed by atoms with E-state index in [1.807, 2.05) is 0 Å². The third-order valence-electron chi connectivity index (χ3n) is 3.80. The average Bonchev–Trinajstić information content (AvgIpc) is 2.49. The fourth-order valence-electron chi connectivity index (χ4n) is 2.59. The molecule has 0 atom stereocenters. The summed E-state index contributed by atoms with van der Waals surface area (Å²) in [5.74, 6) is -1.67. The Morgan fingerprint density at radius 2 is 1.95 bits per heavy atom. The Bertz CT molecular complexity index is 538. The van der Waals surface area contributed by atoms with Crippen molar-refractivity contribution in [2.75, 3.05) is 7.11 Å². The van der Waals surface area contributed by atoms with Crippen molar-refractivity contribution >= 4 is 11.9 Å². The number of nitrogens with one attached hydrogen (secondary N) is 1. The highest BCUT2D eigenvalue weighted by Crippen LogP contribution is 2.26. The fraction of sp³-hybridized carbons (Fsp3) is 0.467. The van der Waals surface area contributed by atoms with Crippen LogP contribution in [0.1, 0.15) is 36.0 Å². The van der Waals surface area contributed by atoms with Crippen molar-refractivity contribution in [2.45, 2.75) is 31.7 Å². The van der Waals surface area contributed by atoms with Gasteiger partial charge in [-0.1, -0.05) is 0 Å². The van der Waals surface area contributed by atoms with E-state index in [9.17, 15) is 19.1 Å². The first-order chi connectivity index (χ1) is 10.0. The van der Waals surface area contributed by atoms with E-state index in [2.05, 4.69) is 5.32 Å². The molecule has 1 saturated carbocycles. The molecule has 0 radical (unpaired) electrons. The van der Waals surface area contributed by atoms with Crippen molar-refractivity contribution in [3.63, 3.8) is 0 Å². The van der Waals surface area contributed by atoms with Crippen molar-refractivity contribution in [1.29, 1.82) is 0 Å². The zero-order valence-electron chi connectivity index (χ0n) is 11.8. The molecular formula is C15H18FNO4. The summed E-state index contributed by atoms with van der Waals surface area (Å²) in [6.45, 7) is 0. The number of phenolic OH excluding ortho intramolecular Hbond substituents is 1. The minimum absolute atomic E-state index is 0.0786. The zero-order valence-corrected chi connectivity index (χ0v) is 11.8. The van der Waals surface area contributed by atoms with Crippen LogP contribution in [0.2, 0.25) is 0 Å². The van der Waals surface area contributed by atoms with E-state index in [0.717, 1.165) is 18.2 Å². The second-order valence-corrected chi connectivity index (χ2v) is 5.21. The molecule has 0 heterocycles. The second kappa shape index (κ2) is 6.56. The van der Waals surface area contributed by atoms with Crippen LogP contribution >= 0.6 is 0 Å². The molecule has 114 valence electrons. The number of amides is 1. The Balaban J connectivity index is 1.93. The number of hydrogen-bond acceptors (Lipinski definition) is 4. The highest BCUT2D eigenvalue weighted by atomic mass is 19.1. The number of halogens is 1. The van der Waals surface area contributed by atoms with Gasteiger partial charge in [-0.15, -0.1) is 0 Å². The summed E-state index contributed by atoms with van der Waals surface area (Å²) in [6, 6.07) is 3.16. The summed E-state index contributed by atoms with van der Waals surface area (Å²) in [4.78, 5) is 23.4. The summed E-state index contributed by atoms with van der Waals surface area (Å²) in [5, 5.41) is 12.4. The number of rotatable bonds is 3. The Hall–Kier alpha value is -2.11. The maximum atomic E-state index is 13.1. The van der Waals surface area contributed by atoms with Crippen LogP contribution in [0.3, 0.4) is 0 Å². The Kier molecular flexibility index (Phi) is 4.77. The van der Waals surface area contributed by atoms with E-state index in [4.69, 9.17) is 4.74 Å². The van der Waals surface area contributed by atoms with Gasteiger partial charge in [0.15, 0.2) is 0 Å². The average molecular weight is 295 g/mol. The molecule has 0 aromatic heterocycles. The maximum Gasteiger partial charge on any atom is 0.308 e. The van der Waals surface area contributed by atoms with Crippen LogP contribution in [0.5, 0.6) is 5.75 Å². The molecule has 1 aliphatic carbocycles. The lowest BCUT2D eigenvalue weighted by Gasteiger charge is -2.27. The monoisotopic (exact) mass is 295 g/mol. The molecule has 0 aliphatic heterocycles. The molecule has 0 bridgehead atoms. The van der Waals surface area contributed by atoms with Crippen LogP contribution in [-0.2, 0) is 9.53 Å². The quantitative estimate of drug-likeness (QED) is 0.836. The lowest BCUT2D eigenvalue weighted by molar-refractivity contribution is -0.146. The summed E-state index contributed by atoms with van der Waals surface area (Å²) in [6.07, 6.45) is 2.60. The number of benzene rings is 1. The topological polar surface area (TPSA) is 75.6 Å². The smallest absolute Gasteiger partial charge is 0.308 e. The van der Waals surface area contributed by atoms with Crippen molar-refractivity contribution in [2.24, 2.45) is 5.92 Å². The lowest BCUT2D eigenvalue weighted by Crippen LogP contribution is -2.39. The summed E-state index contributed by atoms with van der Waals surface area (Å²) >= 11 is 0. The van der Waals surface area contributed by atoms with Crippen molar-refractivity contribution < 1.29 is 23.8 Å². The second-order valence-electron chi connectivity index (χ2n) is 5.21. The molecule has 0 saturated heterocycles. The van der Waals surface area contributed by atoms with Gasteiger partial charge in [-0.05, 0) is 43.9 Å². The molecule has 0 unspecified atom stereocenters. The van der Waals surface area contributed by atoms with Crippen LogP contribution in [0.25, 0.3) is 0 Å². The zero-order chi connectivity index (χ0) is 15.4. The molecule has 1 aromatic carbocycles. The van der Waals surface area contributed by atoms with Crippen LogP contribution in [0.15, 0.2) is 18.2 Å². The van der Waals surface area contributed by atoms with Crippen LogP contribution in [-0.4, -0.2) is 30.1 Å². The molecule has 5 nitrogen and oxygen atoms in total. The molecule has 2 N–H and O–H groups in total. The third-order valence-corrected chi connectivity index (χ3v) is 3.80. The Morgan fingerprint density at radius 3 is 2.57 bits per heavy atom. The predicted octanol–water partition coefficient (Wildman–Crippen LogP) is 1.99. The number of phenols is 1. The first-order valence-electron chi connectivity index (χ1n) is 6.88. The van der Waals surface area contributed by atoms with Crippen molar-refractivity contribution in [3.05, 3.63) is 29.6 Å². The number of ether oxygens (including phenoxy) is 1. The van der Waals surface area contributed by atoms with Gasteiger partial charge in [0.2, 0.25) is 0 Å². The van der Waals surface area contributed by atoms with Crippen LogP contribution in [0, 0.1) is 11.7 Å². The predicted molar refractivity (Wildman–Crippen MR) is 73.3 cm³/mol. The van der Waals surface area contributed by atoms with Crippen molar-refractivity contribution in [3.8, 4) is 5.75 Å². The Labute approximate surface area is 122 Å². The minimum Gasteiger partial charge on any atom is -0.507 e. The molecular weight excluding hydrogens is 277 g/mol. The molecule has 1 aliphatic rings. The SMILES string of the molecule is COC(=O)C1CCC(NC(=O)c2cc(F)ccc2O)CC1. The number of hydrogen-bond donors (Lipinski definition) is 2. The van der Waals surface area contributed by atoms with Gasteiger partial charge >= 0.3 is 5.97 Å². The minimum atomic E-state index is -0.577. The van der Waals surface area contributed by atoms with Gasteiger partial charge in [0.1, 0.15) is 11.6 Å². The Morgan fingerprint density at radius 1 is 1.29 bits per heavy atom. The van der Waals surface area contributed by atoms with E-state index >= 15 is 0 Å². The molecule has 1 aromatic rings. The number of aromatic hydroxyl groups is 1. The van der Waals surface area contributed by atoms with E-state index in [-0.39, 0.29) is 29.2 Å². The first kappa shape index (κ1) is 15.3. The number of methoxy groups -OCH3 is 1. The maximum absolute atomic E-state index is 13.1. The molecule has 0 spiro atoms. The van der Waals surface area contributed by atoms with Gasteiger partial charge < -0.3 is 15.2 Å². The normalized spacial score (nSPS) is 21.6. The van der Waals surface area contributed by atoms with Gasteiger partial charge in [0.05, 0.1) is 18.6 Å². The van der Waals surface area contributed by atoms with Gasteiger partial charge in [0, 0.05) is 6.04 Å². The van der Waals surface area contributed by atoms with Gasteiger partial charge in [-0.3, -0.25) is 9.59 Å². The van der Waals surface area contributed by atoms with E-state index in [1.165, 1.54) is 7.11 Å². The number of esters is 1. The van der Waals surface area contributed by atoms with E-state index < -0.39 is 11.7 Å². The van der Waals surface area contributed by atoms with E-state index in [0.29, 0.717) is 25.7 Å². The van der Waals surface area contributed by atoms with E-state index in [1.54, 1.807) is 0 Å². The first-order valence-corrected chi connectivity index (χ1v) is 6.88. The standard InChI is InChI=1S/C15H18FNO4/c1-21-15(20)9-2-5-11(6-3-9)17-14(19)12-8-10(16)4-7-13(12)18/h4,7-9,11,18H,2-3,5-6H2,1H3,(H,17,19). The number of carbonyl (C=O) groups excluding carboxylic acids is 2. The molecule has 1 amide bonds. The molecule has 2 rings (SSSR count). The van der Waals surface area contributed by atoms with Gasteiger partial charge in [0.25, 0.3) is 5.91 Å². The summed E-state index contributed by atoms with van der Waals surface area (Å²) in [7, 11) is 1.36. The summed E-state index contributed by atoms with van der Waals surface area (Å²) in [5.41, 5.74) is -0.0786. The molecule has 1 fully saturated rings. The summed E-state index contributed by atoms with van der Waals surface area (Å²) < 4.78 is 17.8. The highest BCUT2D eigenvalue weighted by molar-refractivity contribution is 5.97. The van der Waals surface area contributed by atoms with Gasteiger partial charge in [-0.2, -0.15) is 0 Å².